The van der Waals surface area contributed by atoms with Gasteiger partial charge in [-0.25, -0.2) is 4.63 Å². The van der Waals surface area contributed by atoms with Gasteiger partial charge < -0.3 is 0 Å². The second kappa shape index (κ2) is 3.31. The number of halogens is 2. The molecule has 5 heteroatoms. The van der Waals surface area contributed by atoms with Crippen LogP contribution in [0.1, 0.15) is 11.4 Å². The van der Waals surface area contributed by atoms with Crippen molar-refractivity contribution in [1.29, 1.82) is 0 Å². The maximum Gasteiger partial charge on any atom is 0.119 e. The minimum atomic E-state index is 0.692. The van der Waals surface area contributed by atoms with Gasteiger partial charge in [0, 0.05) is 0 Å². The minimum absolute atomic E-state index is 0.692. The first-order chi connectivity index (χ1) is 4.38. The molecule has 50 valence electrons. The first-order valence-electron chi connectivity index (χ1n) is 2.30. The van der Waals surface area contributed by atoms with E-state index >= 15 is 0 Å². The molecule has 0 saturated heterocycles. The molecule has 0 radical (unpaired) electrons. The van der Waals surface area contributed by atoms with E-state index in [1.807, 2.05) is 0 Å². The van der Waals surface area contributed by atoms with Gasteiger partial charge in [0.25, 0.3) is 0 Å². The Labute approximate surface area is 69.0 Å². The van der Waals surface area contributed by atoms with Gasteiger partial charge in [0.15, 0.2) is 0 Å². The van der Waals surface area contributed by atoms with Crippen molar-refractivity contribution in [1.82, 2.24) is 10.3 Å². The SMILES string of the molecule is BrCc1nonc1CBr. The average molecular weight is 256 g/mol. The summed E-state index contributed by atoms with van der Waals surface area (Å²) in [5.74, 6) is 0. The lowest BCUT2D eigenvalue weighted by Gasteiger charge is -1.83. The standard InChI is InChI=1S/C4H4Br2N2O/c5-1-3-4(2-6)8-9-7-3/h1-2H2. The monoisotopic (exact) mass is 254 g/mol. The zero-order valence-electron chi connectivity index (χ0n) is 4.47. The second-order valence-corrected chi connectivity index (χ2v) is 2.55. The third-order valence-corrected chi connectivity index (χ3v) is 1.95. The Morgan fingerprint density at radius 2 is 1.56 bits per heavy atom. The highest BCUT2D eigenvalue weighted by molar-refractivity contribution is 9.09. The zero-order valence-corrected chi connectivity index (χ0v) is 7.64. The molecule has 1 heterocycles. The van der Waals surface area contributed by atoms with Crippen molar-refractivity contribution in [3.8, 4) is 0 Å². The summed E-state index contributed by atoms with van der Waals surface area (Å²) in [5.41, 5.74) is 1.71. The van der Waals surface area contributed by atoms with Crippen LogP contribution in [-0.4, -0.2) is 10.3 Å². The molecule has 0 fully saturated rings. The molecule has 0 atom stereocenters. The topological polar surface area (TPSA) is 38.9 Å². The predicted octanol–water partition coefficient (Wildman–Crippen LogP) is 1.86. The first kappa shape index (κ1) is 7.21. The van der Waals surface area contributed by atoms with E-state index in [0.29, 0.717) is 10.7 Å². The van der Waals surface area contributed by atoms with Gasteiger partial charge in [0.05, 0.1) is 10.7 Å². The molecule has 0 aliphatic rings. The van der Waals surface area contributed by atoms with Crippen LogP contribution in [0.5, 0.6) is 0 Å². The number of alkyl halides is 2. The van der Waals surface area contributed by atoms with Crippen molar-refractivity contribution in [2.45, 2.75) is 10.7 Å². The van der Waals surface area contributed by atoms with Gasteiger partial charge in [0.2, 0.25) is 0 Å². The molecule has 0 amide bonds. The molecule has 0 saturated carbocycles. The number of nitrogens with zero attached hydrogens (tertiary/aromatic N) is 2. The Morgan fingerprint density at radius 1 is 1.11 bits per heavy atom. The minimum Gasteiger partial charge on any atom is -0.244 e. The van der Waals surface area contributed by atoms with E-state index in [1.165, 1.54) is 0 Å². The molecule has 0 unspecified atom stereocenters. The third kappa shape index (κ3) is 1.52. The van der Waals surface area contributed by atoms with Crippen molar-refractivity contribution in [3.63, 3.8) is 0 Å². The van der Waals surface area contributed by atoms with E-state index in [4.69, 9.17) is 0 Å². The van der Waals surface area contributed by atoms with Crippen LogP contribution >= 0.6 is 31.9 Å². The quantitative estimate of drug-likeness (QED) is 0.758. The highest BCUT2D eigenvalue weighted by atomic mass is 79.9. The Balaban J connectivity index is 2.85. The van der Waals surface area contributed by atoms with Gasteiger partial charge in [0.1, 0.15) is 11.4 Å². The van der Waals surface area contributed by atoms with Gasteiger partial charge in [-0.3, -0.25) is 0 Å². The van der Waals surface area contributed by atoms with E-state index in [9.17, 15) is 0 Å². The molecule has 0 spiro atoms. The maximum absolute atomic E-state index is 4.47. The van der Waals surface area contributed by atoms with Crippen LogP contribution in [0.15, 0.2) is 4.63 Å². The summed E-state index contributed by atoms with van der Waals surface area (Å²) in [4.78, 5) is 0. The molecule has 0 N–H and O–H groups in total. The van der Waals surface area contributed by atoms with E-state index in [1.54, 1.807) is 0 Å². The third-order valence-electron chi connectivity index (χ3n) is 0.888. The number of hydrogen-bond donors (Lipinski definition) is 0. The molecule has 0 aromatic carbocycles. The van der Waals surface area contributed by atoms with E-state index in [-0.39, 0.29) is 0 Å². The lowest BCUT2D eigenvalue weighted by molar-refractivity contribution is 0.302. The molecule has 1 aromatic heterocycles. The lowest BCUT2D eigenvalue weighted by Crippen LogP contribution is -1.83. The van der Waals surface area contributed by atoms with E-state index in [0.717, 1.165) is 11.4 Å². The van der Waals surface area contributed by atoms with Gasteiger partial charge >= 0.3 is 0 Å². The largest absolute Gasteiger partial charge is 0.244 e. The summed E-state index contributed by atoms with van der Waals surface area (Å²) in [6.45, 7) is 0. The molecule has 3 nitrogen and oxygen atoms in total. The Hall–Kier alpha value is 0.1000. The normalized spacial score (nSPS) is 10.0. The molecule has 0 aliphatic carbocycles. The van der Waals surface area contributed by atoms with Gasteiger partial charge in [-0.1, -0.05) is 42.2 Å². The molecule has 0 aliphatic heterocycles. The summed E-state index contributed by atoms with van der Waals surface area (Å²) in [7, 11) is 0. The van der Waals surface area contributed by atoms with Crippen molar-refractivity contribution in [3.05, 3.63) is 11.4 Å². The summed E-state index contributed by atoms with van der Waals surface area (Å²) in [6.07, 6.45) is 0. The van der Waals surface area contributed by atoms with Crippen molar-refractivity contribution < 1.29 is 4.63 Å². The van der Waals surface area contributed by atoms with Gasteiger partial charge in [-0.15, -0.1) is 0 Å². The number of aromatic nitrogens is 2. The van der Waals surface area contributed by atoms with Crippen molar-refractivity contribution >= 4 is 31.9 Å². The van der Waals surface area contributed by atoms with Crippen LogP contribution in [0.25, 0.3) is 0 Å². The molecule has 1 rings (SSSR count). The van der Waals surface area contributed by atoms with Crippen LogP contribution in [0.4, 0.5) is 0 Å². The fraction of sp³-hybridized carbons (Fsp3) is 0.500. The highest BCUT2D eigenvalue weighted by Gasteiger charge is 2.04. The number of hydrogen-bond acceptors (Lipinski definition) is 3. The van der Waals surface area contributed by atoms with E-state index < -0.39 is 0 Å². The van der Waals surface area contributed by atoms with Gasteiger partial charge in [-0.05, 0) is 0 Å². The highest BCUT2D eigenvalue weighted by Crippen LogP contribution is 2.09. The summed E-state index contributed by atoms with van der Waals surface area (Å²) in [6, 6.07) is 0. The Bertz CT molecular complexity index is 170. The second-order valence-electron chi connectivity index (χ2n) is 1.42. The lowest BCUT2D eigenvalue weighted by atomic mass is 10.4. The van der Waals surface area contributed by atoms with Crippen LogP contribution < -0.4 is 0 Å². The van der Waals surface area contributed by atoms with E-state index in [2.05, 4.69) is 46.8 Å². The molecular weight excluding hydrogens is 252 g/mol. The Morgan fingerprint density at radius 3 is 1.89 bits per heavy atom. The number of rotatable bonds is 2. The summed E-state index contributed by atoms with van der Waals surface area (Å²) >= 11 is 6.49. The first-order valence-corrected chi connectivity index (χ1v) is 4.55. The molecule has 1 aromatic rings. The average Bonchev–Trinajstić information content (AvgIpc) is 2.33. The van der Waals surface area contributed by atoms with Crippen LogP contribution in [-0.2, 0) is 10.7 Å². The zero-order chi connectivity index (χ0) is 6.69. The fourth-order valence-corrected chi connectivity index (χ4v) is 1.28. The summed E-state index contributed by atoms with van der Waals surface area (Å²) in [5, 5.41) is 8.67. The molecule has 0 bridgehead atoms. The van der Waals surface area contributed by atoms with Crippen molar-refractivity contribution in [2.75, 3.05) is 0 Å². The van der Waals surface area contributed by atoms with Crippen LogP contribution in [0.2, 0.25) is 0 Å². The smallest absolute Gasteiger partial charge is 0.119 e. The summed E-state index contributed by atoms with van der Waals surface area (Å²) < 4.78 is 4.47. The molecule has 9 heavy (non-hydrogen) atoms. The molecular formula is C4H4Br2N2O. The van der Waals surface area contributed by atoms with Gasteiger partial charge in [-0.2, -0.15) is 0 Å². The van der Waals surface area contributed by atoms with Crippen molar-refractivity contribution in [2.24, 2.45) is 0 Å². The Kier molecular flexibility index (Phi) is 2.65. The fourth-order valence-electron chi connectivity index (χ4n) is 0.427. The predicted molar refractivity (Wildman–Crippen MR) is 39.6 cm³/mol. The van der Waals surface area contributed by atoms with Crippen LogP contribution in [0.3, 0.4) is 0 Å². The van der Waals surface area contributed by atoms with Crippen LogP contribution in [0, 0.1) is 0 Å². The maximum atomic E-state index is 4.47.